The van der Waals surface area contributed by atoms with Crippen molar-refractivity contribution in [2.45, 2.75) is 46.3 Å². The van der Waals surface area contributed by atoms with Gasteiger partial charge in [0, 0.05) is 38.2 Å². The van der Waals surface area contributed by atoms with Gasteiger partial charge in [-0.15, -0.1) is 0 Å². The van der Waals surface area contributed by atoms with Gasteiger partial charge in [-0.05, 0) is 26.3 Å². The fraction of sp³-hybridized carbons (Fsp3) is 0.500. The van der Waals surface area contributed by atoms with Crippen molar-refractivity contribution in [2.75, 3.05) is 11.9 Å². The van der Waals surface area contributed by atoms with Crippen LogP contribution < -0.4 is 10.9 Å². The molecule has 2 aromatic rings. The molecule has 1 atom stereocenters. The van der Waals surface area contributed by atoms with E-state index >= 15 is 0 Å². The maximum Gasteiger partial charge on any atom is 0.267 e. The summed E-state index contributed by atoms with van der Waals surface area (Å²) >= 11 is 0. The predicted molar refractivity (Wildman–Crippen MR) is 87.6 cm³/mol. The van der Waals surface area contributed by atoms with Gasteiger partial charge in [0.1, 0.15) is 0 Å². The quantitative estimate of drug-likeness (QED) is 0.896. The van der Waals surface area contributed by atoms with Crippen molar-refractivity contribution in [3.8, 4) is 0 Å². The van der Waals surface area contributed by atoms with E-state index in [1.807, 2.05) is 18.7 Å². The summed E-state index contributed by atoms with van der Waals surface area (Å²) in [7, 11) is 0. The van der Waals surface area contributed by atoms with E-state index in [1.165, 1.54) is 4.68 Å². The highest BCUT2D eigenvalue weighted by Crippen LogP contribution is 2.18. The minimum absolute atomic E-state index is 0.104. The molecule has 0 bridgehead atoms. The van der Waals surface area contributed by atoms with Gasteiger partial charge in [-0.25, -0.2) is 4.68 Å². The van der Waals surface area contributed by atoms with Crippen LogP contribution in [0.2, 0.25) is 0 Å². The van der Waals surface area contributed by atoms with E-state index < -0.39 is 0 Å². The van der Waals surface area contributed by atoms with E-state index in [0.29, 0.717) is 37.6 Å². The lowest BCUT2D eigenvalue weighted by molar-refractivity contribution is -0.121. The van der Waals surface area contributed by atoms with Crippen LogP contribution in [0.25, 0.3) is 0 Å². The Balaban J connectivity index is 1.71. The highest BCUT2D eigenvalue weighted by atomic mass is 16.5. The second kappa shape index (κ2) is 6.56. The molecule has 0 aromatic carbocycles. The maximum atomic E-state index is 12.4. The fourth-order valence-electron chi connectivity index (χ4n) is 2.83. The molecule has 1 aliphatic rings. The highest BCUT2D eigenvalue weighted by molar-refractivity contribution is 5.93. The predicted octanol–water partition coefficient (Wildman–Crippen LogP) is 0.945. The van der Waals surface area contributed by atoms with Crippen molar-refractivity contribution in [1.82, 2.24) is 19.8 Å². The van der Waals surface area contributed by atoms with Crippen LogP contribution in [-0.4, -0.2) is 38.3 Å². The summed E-state index contributed by atoms with van der Waals surface area (Å²) in [6.07, 6.45) is 0.717. The van der Waals surface area contributed by atoms with Crippen LogP contribution in [0.15, 0.2) is 21.5 Å². The largest absolute Gasteiger partial charge is 0.338 e. The molecular formula is C16H21N5O3. The van der Waals surface area contributed by atoms with Crippen molar-refractivity contribution in [2.24, 2.45) is 0 Å². The van der Waals surface area contributed by atoms with Crippen LogP contribution >= 0.6 is 0 Å². The number of hydrogen-bond acceptors (Lipinski definition) is 6. The minimum atomic E-state index is -0.350. The fourth-order valence-corrected chi connectivity index (χ4v) is 2.83. The van der Waals surface area contributed by atoms with E-state index in [0.717, 1.165) is 11.3 Å². The SMILES string of the molecule is CCn1nc2c(cc1=O)CN([C@H](C)C(=O)Nc1cc(C)no1)CC2. The molecule has 0 aliphatic carbocycles. The van der Waals surface area contributed by atoms with Gasteiger partial charge in [-0.3, -0.25) is 19.8 Å². The van der Waals surface area contributed by atoms with Crippen LogP contribution in [0.1, 0.15) is 30.8 Å². The summed E-state index contributed by atoms with van der Waals surface area (Å²) in [5, 5.41) is 10.9. The lowest BCUT2D eigenvalue weighted by Crippen LogP contribution is -2.45. The summed E-state index contributed by atoms with van der Waals surface area (Å²) in [6.45, 7) is 7.33. The Morgan fingerprint density at radius 2 is 2.25 bits per heavy atom. The molecule has 3 rings (SSSR count). The average molecular weight is 331 g/mol. The zero-order valence-corrected chi connectivity index (χ0v) is 14.1. The third-order valence-corrected chi connectivity index (χ3v) is 4.27. The van der Waals surface area contributed by atoms with Gasteiger partial charge >= 0.3 is 0 Å². The van der Waals surface area contributed by atoms with Crippen molar-refractivity contribution in [3.63, 3.8) is 0 Å². The lowest BCUT2D eigenvalue weighted by atomic mass is 10.0. The topological polar surface area (TPSA) is 93.3 Å². The van der Waals surface area contributed by atoms with Crippen LogP contribution in [0.5, 0.6) is 0 Å². The average Bonchev–Trinajstić information content (AvgIpc) is 2.97. The molecule has 8 heteroatoms. The van der Waals surface area contributed by atoms with Crippen molar-refractivity contribution in [3.05, 3.63) is 39.4 Å². The second-order valence-electron chi connectivity index (χ2n) is 5.99. The Morgan fingerprint density at radius 3 is 2.92 bits per heavy atom. The third-order valence-electron chi connectivity index (χ3n) is 4.27. The Labute approximate surface area is 139 Å². The van der Waals surface area contributed by atoms with E-state index in [9.17, 15) is 9.59 Å². The Morgan fingerprint density at radius 1 is 1.46 bits per heavy atom. The van der Waals surface area contributed by atoms with Crippen LogP contribution in [0.4, 0.5) is 5.88 Å². The number of fused-ring (bicyclic) bond motifs is 1. The molecule has 1 N–H and O–H groups in total. The highest BCUT2D eigenvalue weighted by Gasteiger charge is 2.27. The molecule has 1 aliphatic heterocycles. The molecule has 8 nitrogen and oxygen atoms in total. The first-order valence-corrected chi connectivity index (χ1v) is 8.06. The number of anilines is 1. The van der Waals surface area contributed by atoms with Gasteiger partial charge in [0.05, 0.1) is 17.4 Å². The first kappa shape index (κ1) is 16.4. The number of aryl methyl sites for hydroxylation is 2. The zero-order chi connectivity index (χ0) is 17.3. The summed E-state index contributed by atoms with van der Waals surface area (Å²) < 4.78 is 6.48. The molecule has 24 heavy (non-hydrogen) atoms. The molecule has 128 valence electrons. The molecule has 0 unspecified atom stereocenters. The van der Waals surface area contributed by atoms with Gasteiger partial charge in [-0.1, -0.05) is 5.16 Å². The van der Waals surface area contributed by atoms with Gasteiger partial charge in [-0.2, -0.15) is 5.10 Å². The van der Waals surface area contributed by atoms with E-state index in [4.69, 9.17) is 4.52 Å². The number of amides is 1. The number of rotatable bonds is 4. The van der Waals surface area contributed by atoms with Crippen LogP contribution in [0.3, 0.4) is 0 Å². The summed E-state index contributed by atoms with van der Waals surface area (Å²) in [4.78, 5) is 26.4. The maximum absolute atomic E-state index is 12.4. The number of hydrogen-bond donors (Lipinski definition) is 1. The van der Waals surface area contributed by atoms with Crippen LogP contribution in [-0.2, 0) is 24.3 Å². The summed E-state index contributed by atoms with van der Waals surface area (Å²) in [5.41, 5.74) is 2.44. The van der Waals surface area contributed by atoms with Crippen molar-refractivity contribution < 1.29 is 9.32 Å². The first-order valence-electron chi connectivity index (χ1n) is 8.06. The molecule has 1 amide bonds. The lowest BCUT2D eigenvalue weighted by Gasteiger charge is -2.32. The Kier molecular flexibility index (Phi) is 4.48. The Bertz CT molecular complexity index is 810. The van der Waals surface area contributed by atoms with E-state index in [2.05, 4.69) is 15.6 Å². The molecule has 0 fully saturated rings. The first-order chi connectivity index (χ1) is 11.5. The second-order valence-corrected chi connectivity index (χ2v) is 5.99. The molecule has 0 spiro atoms. The number of carbonyl (C=O) groups is 1. The van der Waals surface area contributed by atoms with Crippen molar-refractivity contribution >= 4 is 11.8 Å². The monoisotopic (exact) mass is 331 g/mol. The molecular weight excluding hydrogens is 310 g/mol. The molecule has 2 aromatic heterocycles. The molecule has 0 saturated carbocycles. The third kappa shape index (κ3) is 3.23. The smallest absolute Gasteiger partial charge is 0.267 e. The van der Waals surface area contributed by atoms with E-state index in [1.54, 1.807) is 19.1 Å². The Hall–Kier alpha value is -2.48. The van der Waals surface area contributed by atoms with E-state index in [-0.39, 0.29) is 17.5 Å². The number of nitrogens with one attached hydrogen (secondary N) is 1. The van der Waals surface area contributed by atoms with Gasteiger partial charge in [0.25, 0.3) is 5.56 Å². The molecule has 3 heterocycles. The normalized spacial score (nSPS) is 15.8. The summed E-state index contributed by atoms with van der Waals surface area (Å²) in [5.74, 6) is 0.179. The van der Waals surface area contributed by atoms with Crippen LogP contribution in [0, 0.1) is 6.92 Å². The van der Waals surface area contributed by atoms with Gasteiger partial charge < -0.3 is 4.52 Å². The number of carbonyl (C=O) groups excluding carboxylic acids is 1. The molecule has 0 saturated heterocycles. The zero-order valence-electron chi connectivity index (χ0n) is 14.1. The number of aromatic nitrogens is 3. The number of nitrogens with zero attached hydrogens (tertiary/aromatic N) is 4. The standard InChI is InChI=1S/C16H21N5O3/c1-4-21-15(22)8-12-9-20(6-5-13(12)18-21)11(3)16(23)17-14-7-10(2)19-24-14/h7-8,11H,4-6,9H2,1-3H3,(H,17,23)/t11-/m1/s1. The minimum Gasteiger partial charge on any atom is -0.338 e. The molecule has 0 radical (unpaired) electrons. The summed E-state index contributed by atoms with van der Waals surface area (Å²) in [6, 6.07) is 2.95. The van der Waals surface area contributed by atoms with Gasteiger partial charge in [0.15, 0.2) is 0 Å². The van der Waals surface area contributed by atoms with Crippen molar-refractivity contribution in [1.29, 1.82) is 0 Å². The van der Waals surface area contributed by atoms with Gasteiger partial charge in [0.2, 0.25) is 11.8 Å².